The summed E-state index contributed by atoms with van der Waals surface area (Å²) in [4.78, 5) is 11.4. The first-order valence-electron chi connectivity index (χ1n) is 10.5. The largest absolute Gasteiger partial charge is 0.493 e. The molecule has 1 aromatic heterocycles. The Morgan fingerprint density at radius 2 is 2.12 bits per heavy atom. The Kier molecular flexibility index (Phi) is 7.98. The number of rotatable bonds is 6. The molecule has 0 unspecified atom stereocenters. The molecule has 7 nitrogen and oxygen atoms in total. The number of aromatic nitrogens is 1. The molecule has 0 saturated carbocycles. The Hall–Kier alpha value is -2.78. The summed E-state index contributed by atoms with van der Waals surface area (Å²) in [6, 6.07) is 5.21. The molecule has 0 radical (unpaired) electrons. The molecular weight excluding hydrogens is 429 g/mol. The fourth-order valence-electron chi connectivity index (χ4n) is 3.69. The van der Waals surface area contributed by atoms with Crippen LogP contribution in [0.5, 0.6) is 5.75 Å². The number of halogens is 1. The minimum Gasteiger partial charge on any atom is -0.493 e. The van der Waals surface area contributed by atoms with Crippen LogP contribution in [0.1, 0.15) is 28.9 Å². The molecule has 1 amide bonds. The van der Waals surface area contributed by atoms with Crippen LogP contribution in [0.4, 0.5) is 4.39 Å². The van der Waals surface area contributed by atoms with Crippen LogP contribution >= 0.6 is 11.9 Å². The number of hydrogen-bond acceptors (Lipinski definition) is 6. The van der Waals surface area contributed by atoms with Crippen molar-refractivity contribution in [3.63, 3.8) is 0 Å². The third kappa shape index (κ3) is 5.34. The summed E-state index contributed by atoms with van der Waals surface area (Å²) in [5.74, 6) is 0.442. The minimum absolute atomic E-state index is 0.224. The molecule has 9 heteroatoms. The Morgan fingerprint density at radius 1 is 1.34 bits per heavy atom. The average molecular weight is 460 g/mol. The van der Waals surface area contributed by atoms with Crippen molar-refractivity contribution in [2.45, 2.75) is 38.1 Å². The molecule has 2 aliphatic rings. The fourth-order valence-corrected chi connectivity index (χ4v) is 4.85. The normalized spacial score (nSPS) is 15.5. The molecule has 2 aromatic rings. The number of amides is 1. The van der Waals surface area contributed by atoms with E-state index in [4.69, 9.17) is 15.9 Å². The van der Waals surface area contributed by atoms with Crippen LogP contribution in [0, 0.1) is 25.1 Å². The summed E-state index contributed by atoms with van der Waals surface area (Å²) >= 11 is 1.77. The topological polar surface area (TPSA) is 96.4 Å². The SMILES string of the molecule is Cc1cc(SN2CCC(N)=C(C=N)C2)c(C)n1C.O=CNCc1c(F)ccc2c1CCO2. The maximum Gasteiger partial charge on any atom is 0.207 e. The van der Waals surface area contributed by atoms with Crippen molar-refractivity contribution < 1.29 is 13.9 Å². The predicted octanol–water partition coefficient (Wildman–Crippen LogP) is 3.22. The second-order valence-electron chi connectivity index (χ2n) is 7.79. The second kappa shape index (κ2) is 10.7. The van der Waals surface area contributed by atoms with Crippen LogP contribution in [-0.4, -0.2) is 41.2 Å². The maximum absolute atomic E-state index is 13.4. The highest BCUT2D eigenvalue weighted by Gasteiger charge is 2.20. The summed E-state index contributed by atoms with van der Waals surface area (Å²) in [6.07, 6.45) is 3.51. The molecular formula is C23H30FN5O2S. The first-order valence-corrected chi connectivity index (χ1v) is 11.3. The maximum atomic E-state index is 13.4. The van der Waals surface area contributed by atoms with Gasteiger partial charge in [-0.05, 0) is 44.0 Å². The summed E-state index contributed by atoms with van der Waals surface area (Å²) in [5.41, 5.74) is 11.7. The van der Waals surface area contributed by atoms with E-state index in [9.17, 15) is 9.18 Å². The Bertz CT molecular complexity index is 1030. The van der Waals surface area contributed by atoms with Crippen molar-refractivity contribution in [2.24, 2.45) is 12.8 Å². The van der Waals surface area contributed by atoms with Gasteiger partial charge in [0, 0.05) is 84.4 Å². The zero-order valence-electron chi connectivity index (χ0n) is 18.7. The minimum atomic E-state index is -0.288. The van der Waals surface area contributed by atoms with E-state index in [1.54, 1.807) is 18.0 Å². The van der Waals surface area contributed by atoms with Gasteiger partial charge in [0.25, 0.3) is 0 Å². The van der Waals surface area contributed by atoms with Gasteiger partial charge in [-0.25, -0.2) is 8.70 Å². The molecule has 0 saturated heterocycles. The van der Waals surface area contributed by atoms with E-state index in [0.29, 0.717) is 25.0 Å². The van der Waals surface area contributed by atoms with Crippen LogP contribution in [-0.2, 0) is 24.8 Å². The van der Waals surface area contributed by atoms with Gasteiger partial charge in [-0.2, -0.15) is 0 Å². The van der Waals surface area contributed by atoms with Crippen molar-refractivity contribution in [1.29, 1.82) is 5.41 Å². The summed E-state index contributed by atoms with van der Waals surface area (Å²) in [5, 5.41) is 9.83. The summed E-state index contributed by atoms with van der Waals surface area (Å²) < 4.78 is 23.1. The van der Waals surface area contributed by atoms with Gasteiger partial charge in [0.05, 0.1) is 6.61 Å². The Morgan fingerprint density at radius 3 is 2.78 bits per heavy atom. The Labute approximate surface area is 192 Å². The molecule has 2 aliphatic heterocycles. The highest BCUT2D eigenvalue weighted by Crippen LogP contribution is 2.31. The molecule has 1 aromatic carbocycles. The molecule has 4 N–H and O–H groups in total. The van der Waals surface area contributed by atoms with Gasteiger partial charge in [0.1, 0.15) is 11.6 Å². The molecule has 0 spiro atoms. The van der Waals surface area contributed by atoms with Gasteiger partial charge in [0.15, 0.2) is 0 Å². The van der Waals surface area contributed by atoms with Crippen LogP contribution in [0.3, 0.4) is 0 Å². The van der Waals surface area contributed by atoms with Crippen molar-refractivity contribution in [3.8, 4) is 5.75 Å². The fraction of sp³-hybridized carbons (Fsp3) is 0.391. The zero-order valence-corrected chi connectivity index (χ0v) is 19.5. The van der Waals surface area contributed by atoms with E-state index in [-0.39, 0.29) is 12.4 Å². The zero-order chi connectivity index (χ0) is 23.3. The second-order valence-corrected chi connectivity index (χ2v) is 8.93. The first kappa shape index (κ1) is 23.9. The van der Waals surface area contributed by atoms with Gasteiger partial charge in [-0.1, -0.05) is 0 Å². The van der Waals surface area contributed by atoms with Gasteiger partial charge < -0.3 is 25.8 Å². The predicted molar refractivity (Wildman–Crippen MR) is 125 cm³/mol. The van der Waals surface area contributed by atoms with Crippen LogP contribution < -0.4 is 15.8 Å². The van der Waals surface area contributed by atoms with Gasteiger partial charge in [0.2, 0.25) is 6.41 Å². The molecule has 172 valence electrons. The first-order chi connectivity index (χ1) is 15.3. The standard InChI is InChI=1S/C13H20N4S.C10H10FNO2/c1-9-6-13(10(2)16(9)3)18-17-5-4-12(15)11(7-14)8-17;11-9-1-2-10-7(3-4-14-10)8(9)5-12-6-13/h6-7,14H,4-5,8,15H2,1-3H3;1-2,6H,3-5H2,(H,12,13). The van der Waals surface area contributed by atoms with Crippen molar-refractivity contribution in [3.05, 3.63) is 57.8 Å². The van der Waals surface area contributed by atoms with E-state index in [2.05, 4.69) is 41.2 Å². The van der Waals surface area contributed by atoms with Gasteiger partial charge in [-0.15, -0.1) is 0 Å². The molecule has 0 aliphatic carbocycles. The van der Waals surface area contributed by atoms with Crippen molar-refractivity contribution in [2.75, 3.05) is 19.7 Å². The quantitative estimate of drug-likeness (QED) is 0.350. The van der Waals surface area contributed by atoms with Crippen LogP contribution in [0.15, 0.2) is 34.4 Å². The average Bonchev–Trinajstić information content (AvgIpc) is 3.35. The van der Waals surface area contributed by atoms with Gasteiger partial charge >= 0.3 is 0 Å². The summed E-state index contributed by atoms with van der Waals surface area (Å²) in [6.45, 7) is 6.78. The molecule has 32 heavy (non-hydrogen) atoms. The lowest BCUT2D eigenvalue weighted by Crippen LogP contribution is -2.29. The lowest BCUT2D eigenvalue weighted by Gasteiger charge is -2.26. The van der Waals surface area contributed by atoms with E-state index in [1.807, 2.05) is 0 Å². The number of carbonyl (C=O) groups excluding carboxylic acids is 1. The third-order valence-electron chi connectivity index (χ3n) is 5.82. The molecule has 0 atom stereocenters. The van der Waals surface area contributed by atoms with E-state index in [1.165, 1.54) is 28.6 Å². The highest BCUT2D eigenvalue weighted by atomic mass is 32.2. The number of fused-ring (bicyclic) bond motifs is 1. The van der Waals surface area contributed by atoms with Crippen molar-refractivity contribution in [1.82, 2.24) is 14.2 Å². The summed E-state index contributed by atoms with van der Waals surface area (Å²) in [7, 11) is 2.09. The number of carbonyl (C=O) groups is 1. The molecule has 4 rings (SSSR count). The Balaban J connectivity index is 0.000000186. The number of ether oxygens (including phenoxy) is 1. The van der Waals surface area contributed by atoms with E-state index >= 15 is 0 Å². The monoisotopic (exact) mass is 459 g/mol. The van der Waals surface area contributed by atoms with Crippen LogP contribution in [0.2, 0.25) is 0 Å². The molecule has 0 fully saturated rings. The molecule has 3 heterocycles. The smallest absolute Gasteiger partial charge is 0.207 e. The number of benzene rings is 1. The van der Waals surface area contributed by atoms with Crippen molar-refractivity contribution >= 4 is 24.6 Å². The number of hydrogen-bond donors (Lipinski definition) is 3. The van der Waals surface area contributed by atoms with Gasteiger partial charge in [-0.3, -0.25) is 4.79 Å². The molecule has 0 bridgehead atoms. The van der Waals surface area contributed by atoms with E-state index in [0.717, 1.165) is 42.1 Å². The highest BCUT2D eigenvalue weighted by molar-refractivity contribution is 7.97. The third-order valence-corrected chi connectivity index (χ3v) is 7.00. The van der Waals surface area contributed by atoms with Crippen LogP contribution in [0.25, 0.3) is 0 Å². The van der Waals surface area contributed by atoms with E-state index < -0.39 is 0 Å². The number of aryl methyl sites for hydroxylation is 1. The lowest BCUT2D eigenvalue weighted by atomic mass is 10.0. The number of nitrogens with zero attached hydrogens (tertiary/aromatic N) is 2. The lowest BCUT2D eigenvalue weighted by molar-refractivity contribution is -0.109. The number of nitrogens with one attached hydrogen (secondary N) is 2. The number of nitrogens with two attached hydrogens (primary N) is 1.